The second kappa shape index (κ2) is 6.22. The maximum absolute atomic E-state index is 13.2. The van der Waals surface area contributed by atoms with Crippen LogP contribution < -0.4 is 0 Å². The Morgan fingerprint density at radius 3 is 2.81 bits per heavy atom. The van der Waals surface area contributed by atoms with Crippen molar-refractivity contribution < 1.29 is 23.8 Å². The molecule has 1 aromatic rings. The molecule has 1 amide bonds. The van der Waals surface area contributed by atoms with Gasteiger partial charge in [-0.3, -0.25) is 9.59 Å². The zero-order valence-corrected chi connectivity index (χ0v) is 12.0. The van der Waals surface area contributed by atoms with Crippen LogP contribution in [0, 0.1) is 18.7 Å². The molecule has 6 heteroatoms. The number of hydrogen-bond donors (Lipinski definition) is 1. The van der Waals surface area contributed by atoms with E-state index in [9.17, 15) is 19.1 Å². The molecule has 0 spiro atoms. The first kappa shape index (κ1) is 15.4. The number of amides is 1. The molecule has 21 heavy (non-hydrogen) atoms. The lowest BCUT2D eigenvalue weighted by molar-refractivity contribution is -0.142. The predicted octanol–water partition coefficient (Wildman–Crippen LogP) is 1.75. The summed E-state index contributed by atoms with van der Waals surface area (Å²) in [7, 11) is 1.52. The summed E-state index contributed by atoms with van der Waals surface area (Å²) in [5.41, 5.74) is 1.31. The third kappa shape index (κ3) is 3.05. The number of rotatable bonds is 5. The zero-order valence-electron chi connectivity index (χ0n) is 12.0. The molecule has 1 aromatic carbocycles. The van der Waals surface area contributed by atoms with Gasteiger partial charge in [0.25, 0.3) is 0 Å². The van der Waals surface area contributed by atoms with Crippen LogP contribution in [0.2, 0.25) is 0 Å². The van der Waals surface area contributed by atoms with Crippen LogP contribution in [0.15, 0.2) is 18.2 Å². The number of benzene rings is 1. The molecule has 0 aromatic heterocycles. The van der Waals surface area contributed by atoms with Gasteiger partial charge >= 0.3 is 5.97 Å². The fourth-order valence-electron chi connectivity index (χ4n) is 2.82. The maximum Gasteiger partial charge on any atom is 0.309 e. The second-order valence-corrected chi connectivity index (χ2v) is 5.17. The van der Waals surface area contributed by atoms with Crippen LogP contribution in [-0.4, -0.2) is 42.1 Å². The monoisotopic (exact) mass is 295 g/mol. The SMILES string of the molecule is COCCN1C(=O)C[C@@H](C(=O)O)[C@H]1c1ccc(F)cc1C. The van der Waals surface area contributed by atoms with Crippen LogP contribution in [-0.2, 0) is 14.3 Å². The van der Waals surface area contributed by atoms with Gasteiger partial charge in [0, 0.05) is 20.1 Å². The summed E-state index contributed by atoms with van der Waals surface area (Å²) in [5.74, 6) is -2.43. The van der Waals surface area contributed by atoms with Crippen molar-refractivity contribution >= 4 is 11.9 Å². The summed E-state index contributed by atoms with van der Waals surface area (Å²) in [4.78, 5) is 25.1. The first-order valence-electron chi connectivity index (χ1n) is 6.73. The minimum Gasteiger partial charge on any atom is -0.481 e. The Morgan fingerprint density at radius 2 is 2.24 bits per heavy atom. The van der Waals surface area contributed by atoms with Crippen molar-refractivity contribution in [2.45, 2.75) is 19.4 Å². The van der Waals surface area contributed by atoms with Gasteiger partial charge in [0.2, 0.25) is 5.91 Å². The molecule has 0 unspecified atom stereocenters. The molecular formula is C15H18FNO4. The summed E-state index contributed by atoms with van der Waals surface area (Å²) >= 11 is 0. The molecule has 0 aliphatic carbocycles. The topological polar surface area (TPSA) is 66.8 Å². The Bertz CT molecular complexity index is 561. The van der Waals surface area contributed by atoms with Crippen molar-refractivity contribution in [3.63, 3.8) is 0 Å². The van der Waals surface area contributed by atoms with Crippen LogP contribution in [0.4, 0.5) is 4.39 Å². The van der Waals surface area contributed by atoms with E-state index in [1.54, 1.807) is 13.0 Å². The van der Waals surface area contributed by atoms with Crippen molar-refractivity contribution in [3.8, 4) is 0 Å². The van der Waals surface area contributed by atoms with Gasteiger partial charge in [-0.25, -0.2) is 4.39 Å². The highest BCUT2D eigenvalue weighted by Gasteiger charge is 2.44. The molecule has 2 atom stereocenters. The number of carbonyl (C=O) groups is 2. The van der Waals surface area contributed by atoms with Crippen LogP contribution in [0.25, 0.3) is 0 Å². The molecule has 1 saturated heterocycles. The van der Waals surface area contributed by atoms with Crippen molar-refractivity contribution in [2.75, 3.05) is 20.3 Å². The van der Waals surface area contributed by atoms with Crippen LogP contribution in [0.5, 0.6) is 0 Å². The number of methoxy groups -OCH3 is 1. The van der Waals surface area contributed by atoms with Gasteiger partial charge in [-0.05, 0) is 30.2 Å². The summed E-state index contributed by atoms with van der Waals surface area (Å²) in [6, 6.07) is 3.62. The predicted molar refractivity (Wildman–Crippen MR) is 73.2 cm³/mol. The van der Waals surface area contributed by atoms with Gasteiger partial charge in [0.1, 0.15) is 5.82 Å². The van der Waals surface area contributed by atoms with Crippen LogP contribution >= 0.6 is 0 Å². The molecule has 2 rings (SSSR count). The maximum atomic E-state index is 13.2. The van der Waals surface area contributed by atoms with Crippen LogP contribution in [0.3, 0.4) is 0 Å². The quantitative estimate of drug-likeness (QED) is 0.898. The molecule has 5 nitrogen and oxygen atoms in total. The molecular weight excluding hydrogens is 277 g/mol. The van der Waals surface area contributed by atoms with E-state index >= 15 is 0 Å². The standard InChI is InChI=1S/C15H18FNO4/c1-9-7-10(16)3-4-11(9)14-12(15(19)20)8-13(18)17(14)5-6-21-2/h3-4,7,12,14H,5-6,8H2,1-2H3,(H,19,20)/t12-,14-/m1/s1. The second-order valence-electron chi connectivity index (χ2n) is 5.17. The first-order valence-corrected chi connectivity index (χ1v) is 6.73. The fraction of sp³-hybridized carbons (Fsp3) is 0.467. The van der Waals surface area contributed by atoms with Gasteiger partial charge in [-0.1, -0.05) is 6.07 Å². The number of carbonyl (C=O) groups excluding carboxylic acids is 1. The van der Waals surface area contributed by atoms with E-state index in [0.29, 0.717) is 24.3 Å². The lowest BCUT2D eigenvalue weighted by Crippen LogP contribution is -2.33. The number of carboxylic acid groups (broad SMARTS) is 1. The van der Waals surface area contributed by atoms with E-state index in [2.05, 4.69) is 0 Å². The number of hydrogen-bond acceptors (Lipinski definition) is 3. The number of halogens is 1. The van der Waals surface area contributed by atoms with E-state index < -0.39 is 17.9 Å². The number of likely N-dealkylation sites (tertiary alicyclic amines) is 1. The average molecular weight is 295 g/mol. The Labute approximate surface area is 122 Å². The largest absolute Gasteiger partial charge is 0.481 e. The van der Waals surface area contributed by atoms with E-state index in [1.807, 2.05) is 0 Å². The van der Waals surface area contributed by atoms with Gasteiger partial charge in [0.15, 0.2) is 0 Å². The minimum absolute atomic E-state index is 0.0411. The highest BCUT2D eigenvalue weighted by molar-refractivity contribution is 5.87. The smallest absolute Gasteiger partial charge is 0.309 e. The van der Waals surface area contributed by atoms with Crippen molar-refractivity contribution in [3.05, 3.63) is 35.1 Å². The Morgan fingerprint density at radius 1 is 1.52 bits per heavy atom. The number of carboxylic acids is 1. The number of aliphatic carboxylic acids is 1. The average Bonchev–Trinajstić information content (AvgIpc) is 2.74. The molecule has 1 heterocycles. The summed E-state index contributed by atoms with van der Waals surface area (Å²) in [6.07, 6.45) is -0.0411. The number of ether oxygens (including phenoxy) is 1. The van der Waals surface area contributed by atoms with Gasteiger partial charge in [-0.15, -0.1) is 0 Å². The molecule has 0 radical (unpaired) electrons. The third-order valence-electron chi connectivity index (χ3n) is 3.84. The third-order valence-corrected chi connectivity index (χ3v) is 3.84. The lowest BCUT2D eigenvalue weighted by Gasteiger charge is -2.28. The summed E-state index contributed by atoms with van der Waals surface area (Å²) in [6.45, 7) is 2.37. The Balaban J connectivity index is 2.41. The van der Waals surface area contributed by atoms with E-state index in [4.69, 9.17) is 4.74 Å². The normalized spacial score (nSPS) is 21.9. The van der Waals surface area contributed by atoms with Gasteiger partial charge in [0.05, 0.1) is 18.6 Å². The minimum atomic E-state index is -1.02. The highest BCUT2D eigenvalue weighted by Crippen LogP contribution is 2.39. The Kier molecular flexibility index (Phi) is 4.57. The van der Waals surface area contributed by atoms with E-state index in [0.717, 1.165) is 0 Å². The fourth-order valence-corrected chi connectivity index (χ4v) is 2.82. The molecule has 1 N–H and O–H groups in total. The molecule has 0 saturated carbocycles. The molecule has 114 valence electrons. The molecule has 1 aliphatic rings. The zero-order chi connectivity index (χ0) is 15.6. The van der Waals surface area contributed by atoms with E-state index in [-0.39, 0.29) is 18.1 Å². The summed E-state index contributed by atoms with van der Waals surface area (Å²) < 4.78 is 18.2. The first-order chi connectivity index (χ1) is 9.95. The summed E-state index contributed by atoms with van der Waals surface area (Å²) in [5, 5.41) is 9.37. The van der Waals surface area contributed by atoms with E-state index in [1.165, 1.54) is 24.1 Å². The van der Waals surface area contributed by atoms with Crippen molar-refractivity contribution in [1.82, 2.24) is 4.90 Å². The molecule has 1 aliphatic heterocycles. The lowest BCUT2D eigenvalue weighted by atomic mass is 9.91. The Hall–Kier alpha value is -1.95. The number of aryl methyl sites for hydroxylation is 1. The van der Waals surface area contributed by atoms with Gasteiger partial charge < -0.3 is 14.7 Å². The van der Waals surface area contributed by atoms with Gasteiger partial charge in [-0.2, -0.15) is 0 Å². The van der Waals surface area contributed by atoms with Crippen molar-refractivity contribution in [1.29, 1.82) is 0 Å². The molecule has 1 fully saturated rings. The van der Waals surface area contributed by atoms with Crippen molar-refractivity contribution in [2.24, 2.45) is 5.92 Å². The van der Waals surface area contributed by atoms with Crippen LogP contribution in [0.1, 0.15) is 23.6 Å². The number of nitrogens with zero attached hydrogens (tertiary/aromatic N) is 1. The highest BCUT2D eigenvalue weighted by atomic mass is 19.1. The molecule has 0 bridgehead atoms.